The standard InChI is InChI=1S/C15H20N2O2S/c1-4-12(5-2)17-20(18,19)14-9-8-11(3)15-13(14)7-6-10-16-15/h6-10,12,17H,4-5H2,1-3H3. The fourth-order valence-electron chi connectivity index (χ4n) is 2.26. The van der Waals surface area contributed by atoms with Crippen LogP contribution in [0, 0.1) is 6.92 Å². The molecule has 0 bridgehead atoms. The normalized spacial score (nSPS) is 12.2. The van der Waals surface area contributed by atoms with Crippen LogP contribution >= 0.6 is 0 Å². The lowest BCUT2D eigenvalue weighted by atomic mass is 10.1. The van der Waals surface area contributed by atoms with E-state index in [0.717, 1.165) is 23.9 Å². The zero-order chi connectivity index (χ0) is 14.8. The van der Waals surface area contributed by atoms with Crippen molar-refractivity contribution in [2.24, 2.45) is 0 Å². The molecule has 20 heavy (non-hydrogen) atoms. The van der Waals surface area contributed by atoms with E-state index in [1.54, 1.807) is 30.5 Å². The van der Waals surface area contributed by atoms with Crippen LogP contribution in [0.2, 0.25) is 0 Å². The Hall–Kier alpha value is -1.46. The summed E-state index contributed by atoms with van der Waals surface area (Å²) < 4.78 is 27.9. The van der Waals surface area contributed by atoms with Crippen molar-refractivity contribution >= 4 is 20.9 Å². The van der Waals surface area contributed by atoms with Gasteiger partial charge >= 0.3 is 0 Å². The molecule has 0 aliphatic carbocycles. The van der Waals surface area contributed by atoms with Gasteiger partial charge in [0.05, 0.1) is 10.4 Å². The van der Waals surface area contributed by atoms with Gasteiger partial charge in [0.2, 0.25) is 10.0 Å². The Morgan fingerprint density at radius 2 is 1.90 bits per heavy atom. The van der Waals surface area contributed by atoms with Crippen molar-refractivity contribution in [1.29, 1.82) is 0 Å². The Balaban J connectivity index is 2.55. The van der Waals surface area contributed by atoms with E-state index < -0.39 is 10.0 Å². The molecule has 0 unspecified atom stereocenters. The molecule has 0 saturated carbocycles. The molecule has 1 heterocycles. The third kappa shape index (κ3) is 2.83. The van der Waals surface area contributed by atoms with Gasteiger partial charge in [0.15, 0.2) is 0 Å². The number of hydrogen-bond acceptors (Lipinski definition) is 3. The molecule has 0 spiro atoms. The second kappa shape index (κ2) is 5.89. The Labute approximate surface area is 120 Å². The predicted octanol–water partition coefficient (Wildman–Crippen LogP) is 3.01. The molecule has 5 heteroatoms. The first kappa shape index (κ1) is 14.9. The lowest BCUT2D eigenvalue weighted by Gasteiger charge is -2.16. The molecule has 0 saturated heterocycles. The molecular formula is C15H20N2O2S. The Morgan fingerprint density at radius 3 is 2.55 bits per heavy atom. The van der Waals surface area contributed by atoms with Crippen molar-refractivity contribution in [2.45, 2.75) is 44.6 Å². The van der Waals surface area contributed by atoms with E-state index in [4.69, 9.17) is 0 Å². The Kier molecular flexibility index (Phi) is 4.40. The Bertz CT molecular complexity index is 707. The fraction of sp³-hybridized carbons (Fsp3) is 0.400. The third-order valence-electron chi connectivity index (χ3n) is 3.53. The highest BCUT2D eigenvalue weighted by molar-refractivity contribution is 7.89. The number of aryl methyl sites for hydroxylation is 1. The number of fused-ring (bicyclic) bond motifs is 1. The van der Waals surface area contributed by atoms with Gasteiger partial charge in [-0.25, -0.2) is 13.1 Å². The van der Waals surface area contributed by atoms with Crippen molar-refractivity contribution in [1.82, 2.24) is 9.71 Å². The first-order chi connectivity index (χ1) is 9.49. The van der Waals surface area contributed by atoms with E-state index in [-0.39, 0.29) is 6.04 Å². The highest BCUT2D eigenvalue weighted by Gasteiger charge is 2.21. The zero-order valence-corrected chi connectivity index (χ0v) is 12.9. The number of sulfonamides is 1. The molecule has 108 valence electrons. The second-order valence-electron chi connectivity index (χ2n) is 4.91. The molecule has 0 radical (unpaired) electrons. The molecule has 0 fully saturated rings. The molecule has 0 amide bonds. The molecule has 2 aromatic rings. The van der Waals surface area contributed by atoms with E-state index in [9.17, 15) is 8.42 Å². The van der Waals surface area contributed by atoms with Crippen LogP contribution in [0.5, 0.6) is 0 Å². The van der Waals surface area contributed by atoms with Gasteiger partial charge in [-0.05, 0) is 43.5 Å². The van der Waals surface area contributed by atoms with Crippen LogP contribution in [0.3, 0.4) is 0 Å². The van der Waals surface area contributed by atoms with Crippen molar-refractivity contribution < 1.29 is 8.42 Å². The number of pyridine rings is 1. The van der Waals surface area contributed by atoms with Crippen LogP contribution in [0.15, 0.2) is 35.4 Å². The average molecular weight is 292 g/mol. The highest BCUT2D eigenvalue weighted by atomic mass is 32.2. The van der Waals surface area contributed by atoms with Crippen molar-refractivity contribution in [3.8, 4) is 0 Å². The number of nitrogens with zero attached hydrogens (tertiary/aromatic N) is 1. The number of hydrogen-bond donors (Lipinski definition) is 1. The summed E-state index contributed by atoms with van der Waals surface area (Å²) in [6, 6.07) is 6.99. The Morgan fingerprint density at radius 1 is 1.20 bits per heavy atom. The molecule has 1 aromatic heterocycles. The minimum absolute atomic E-state index is 0.0342. The van der Waals surface area contributed by atoms with Crippen LogP contribution in [-0.2, 0) is 10.0 Å². The van der Waals surface area contributed by atoms with Gasteiger partial charge in [-0.15, -0.1) is 0 Å². The molecule has 1 aromatic carbocycles. The topological polar surface area (TPSA) is 59.1 Å². The van der Waals surface area contributed by atoms with Crippen LogP contribution in [0.1, 0.15) is 32.3 Å². The summed E-state index contributed by atoms with van der Waals surface area (Å²) in [6.45, 7) is 5.89. The van der Waals surface area contributed by atoms with Gasteiger partial charge in [-0.3, -0.25) is 4.98 Å². The van der Waals surface area contributed by atoms with Crippen molar-refractivity contribution in [3.05, 3.63) is 36.0 Å². The smallest absolute Gasteiger partial charge is 0.241 e. The number of benzene rings is 1. The quantitative estimate of drug-likeness (QED) is 0.921. The number of aromatic nitrogens is 1. The molecular weight excluding hydrogens is 272 g/mol. The molecule has 1 N–H and O–H groups in total. The van der Waals surface area contributed by atoms with E-state index in [1.165, 1.54) is 0 Å². The lowest BCUT2D eigenvalue weighted by Crippen LogP contribution is -2.34. The van der Waals surface area contributed by atoms with Gasteiger partial charge in [0, 0.05) is 17.6 Å². The number of nitrogens with one attached hydrogen (secondary N) is 1. The molecule has 4 nitrogen and oxygen atoms in total. The molecule has 0 aliphatic rings. The predicted molar refractivity (Wildman–Crippen MR) is 81.2 cm³/mol. The maximum atomic E-state index is 12.5. The summed E-state index contributed by atoms with van der Waals surface area (Å²) in [6.07, 6.45) is 3.23. The van der Waals surface area contributed by atoms with Gasteiger partial charge in [-0.1, -0.05) is 19.9 Å². The summed E-state index contributed by atoms with van der Waals surface area (Å²) in [5.74, 6) is 0. The van der Waals surface area contributed by atoms with Crippen molar-refractivity contribution in [3.63, 3.8) is 0 Å². The lowest BCUT2D eigenvalue weighted by molar-refractivity contribution is 0.531. The summed E-state index contributed by atoms with van der Waals surface area (Å²) >= 11 is 0. The summed E-state index contributed by atoms with van der Waals surface area (Å²) in [5, 5.41) is 0.672. The largest absolute Gasteiger partial charge is 0.256 e. The van der Waals surface area contributed by atoms with Crippen LogP contribution < -0.4 is 4.72 Å². The number of rotatable bonds is 5. The third-order valence-corrected chi connectivity index (χ3v) is 5.11. The fourth-order valence-corrected chi connectivity index (χ4v) is 3.86. The minimum atomic E-state index is -3.52. The molecule has 0 aliphatic heterocycles. The maximum Gasteiger partial charge on any atom is 0.241 e. The van der Waals surface area contributed by atoms with Gasteiger partial charge < -0.3 is 0 Å². The second-order valence-corrected chi connectivity index (χ2v) is 6.60. The van der Waals surface area contributed by atoms with Crippen molar-refractivity contribution in [2.75, 3.05) is 0 Å². The van der Waals surface area contributed by atoms with Gasteiger partial charge in [0.1, 0.15) is 0 Å². The summed E-state index contributed by atoms with van der Waals surface area (Å²) in [4.78, 5) is 4.59. The molecule has 2 rings (SSSR count). The summed E-state index contributed by atoms with van der Waals surface area (Å²) in [5.41, 5.74) is 1.71. The first-order valence-corrected chi connectivity index (χ1v) is 8.34. The SMILES string of the molecule is CCC(CC)NS(=O)(=O)c1ccc(C)c2ncccc12. The van der Waals surface area contributed by atoms with Crippen LogP contribution in [0.25, 0.3) is 10.9 Å². The highest BCUT2D eigenvalue weighted by Crippen LogP contribution is 2.24. The first-order valence-electron chi connectivity index (χ1n) is 6.86. The average Bonchev–Trinajstić information content (AvgIpc) is 2.45. The van der Waals surface area contributed by atoms with Crippen LogP contribution in [-0.4, -0.2) is 19.4 Å². The molecule has 0 atom stereocenters. The van der Waals surface area contributed by atoms with E-state index in [0.29, 0.717) is 10.3 Å². The van der Waals surface area contributed by atoms with E-state index in [1.807, 2.05) is 20.8 Å². The maximum absolute atomic E-state index is 12.5. The van der Waals surface area contributed by atoms with E-state index in [2.05, 4.69) is 9.71 Å². The summed E-state index contributed by atoms with van der Waals surface area (Å²) in [7, 11) is -3.52. The van der Waals surface area contributed by atoms with Gasteiger partial charge in [-0.2, -0.15) is 0 Å². The van der Waals surface area contributed by atoms with Gasteiger partial charge in [0.25, 0.3) is 0 Å². The minimum Gasteiger partial charge on any atom is -0.256 e. The monoisotopic (exact) mass is 292 g/mol. The zero-order valence-electron chi connectivity index (χ0n) is 12.1. The van der Waals surface area contributed by atoms with Crippen LogP contribution in [0.4, 0.5) is 0 Å². The van der Waals surface area contributed by atoms with E-state index >= 15 is 0 Å².